The quantitative estimate of drug-likeness (QED) is 0.902. The predicted octanol–water partition coefficient (Wildman–Crippen LogP) is 1.76. The third-order valence-electron chi connectivity index (χ3n) is 3.51. The molecule has 1 amide bonds. The van der Waals surface area contributed by atoms with Crippen LogP contribution < -0.4 is 0 Å². The highest BCUT2D eigenvalue weighted by atomic mass is 19.1. The lowest BCUT2D eigenvalue weighted by molar-refractivity contribution is -0.160. The second-order valence-electron chi connectivity index (χ2n) is 5.41. The first-order valence-electron chi connectivity index (χ1n) is 6.74. The van der Waals surface area contributed by atoms with Crippen LogP contribution >= 0.6 is 0 Å². The van der Waals surface area contributed by atoms with Crippen molar-refractivity contribution in [2.24, 2.45) is 0 Å². The van der Waals surface area contributed by atoms with Gasteiger partial charge in [0.05, 0.1) is 12.6 Å². The fourth-order valence-corrected chi connectivity index (χ4v) is 2.51. The average Bonchev–Trinajstić information content (AvgIpc) is 2.42. The van der Waals surface area contributed by atoms with Crippen LogP contribution in [0.3, 0.4) is 0 Å². The second-order valence-corrected chi connectivity index (χ2v) is 5.41. The van der Waals surface area contributed by atoms with Crippen molar-refractivity contribution in [3.05, 3.63) is 34.6 Å². The molecule has 0 radical (unpaired) electrons. The molecule has 1 saturated heterocycles. The number of hydrogen-bond donors (Lipinski definition) is 1. The molecule has 1 heterocycles. The Labute approximate surface area is 122 Å². The Balaban J connectivity index is 2.25. The number of nitrogens with zero attached hydrogens (tertiary/aromatic N) is 1. The van der Waals surface area contributed by atoms with E-state index in [2.05, 4.69) is 0 Å². The van der Waals surface area contributed by atoms with E-state index in [1.165, 1.54) is 17.0 Å². The van der Waals surface area contributed by atoms with E-state index in [0.717, 1.165) is 0 Å². The second kappa shape index (κ2) is 5.81. The average molecular weight is 295 g/mol. The van der Waals surface area contributed by atoms with Crippen LogP contribution in [0.5, 0.6) is 0 Å². The molecule has 6 heteroatoms. The molecule has 2 rings (SSSR count). The van der Waals surface area contributed by atoms with Crippen molar-refractivity contribution < 1.29 is 23.8 Å². The van der Waals surface area contributed by atoms with Gasteiger partial charge in [-0.15, -0.1) is 0 Å². The smallest absolute Gasteiger partial charge is 0.334 e. The third kappa shape index (κ3) is 3.21. The van der Waals surface area contributed by atoms with Crippen LogP contribution in [0, 0.1) is 19.7 Å². The van der Waals surface area contributed by atoms with E-state index in [1.807, 2.05) is 0 Å². The van der Waals surface area contributed by atoms with Gasteiger partial charge in [-0.3, -0.25) is 4.79 Å². The van der Waals surface area contributed by atoms with Gasteiger partial charge in [0, 0.05) is 12.1 Å². The van der Waals surface area contributed by atoms with Gasteiger partial charge in [-0.05, 0) is 44.0 Å². The SMILES string of the molecule is Cc1cc(C(=O)N2CC(C(=O)O)O[C@H](C)C2)cc(C)c1F. The van der Waals surface area contributed by atoms with Gasteiger partial charge in [0.15, 0.2) is 6.10 Å². The van der Waals surface area contributed by atoms with E-state index in [-0.39, 0.29) is 24.4 Å². The zero-order chi connectivity index (χ0) is 15.7. The number of carboxylic acid groups (broad SMARTS) is 1. The van der Waals surface area contributed by atoms with Crippen molar-refractivity contribution >= 4 is 11.9 Å². The molecule has 114 valence electrons. The molecule has 1 aromatic rings. The molecule has 0 saturated carbocycles. The molecule has 1 N–H and O–H groups in total. The summed E-state index contributed by atoms with van der Waals surface area (Å²) in [6.07, 6.45) is -1.38. The third-order valence-corrected chi connectivity index (χ3v) is 3.51. The van der Waals surface area contributed by atoms with Gasteiger partial charge >= 0.3 is 5.97 Å². The van der Waals surface area contributed by atoms with Crippen LogP contribution in [0.1, 0.15) is 28.4 Å². The first kappa shape index (κ1) is 15.4. The highest BCUT2D eigenvalue weighted by molar-refractivity contribution is 5.95. The number of halogens is 1. The summed E-state index contributed by atoms with van der Waals surface area (Å²) in [5.41, 5.74) is 1.16. The first-order chi connectivity index (χ1) is 9.79. The highest BCUT2D eigenvalue weighted by Gasteiger charge is 2.33. The number of carboxylic acids is 1. The number of carbonyl (C=O) groups is 2. The molecular weight excluding hydrogens is 277 g/mol. The van der Waals surface area contributed by atoms with Gasteiger partial charge in [-0.1, -0.05) is 0 Å². The molecule has 1 fully saturated rings. The van der Waals surface area contributed by atoms with E-state index in [9.17, 15) is 14.0 Å². The molecule has 5 nitrogen and oxygen atoms in total. The molecule has 1 aliphatic rings. The Morgan fingerprint density at radius 3 is 2.38 bits per heavy atom. The Hall–Kier alpha value is -1.95. The minimum Gasteiger partial charge on any atom is -0.479 e. The standard InChI is InChI=1S/C15H18FNO4/c1-8-4-11(5-9(2)13(8)16)14(18)17-6-10(3)21-12(7-17)15(19)20/h4-5,10,12H,6-7H2,1-3H3,(H,19,20)/t10-,12?/m1/s1. The van der Waals surface area contributed by atoms with E-state index in [4.69, 9.17) is 9.84 Å². The van der Waals surface area contributed by atoms with Gasteiger partial charge in [-0.2, -0.15) is 0 Å². The monoisotopic (exact) mass is 295 g/mol. The Morgan fingerprint density at radius 2 is 1.86 bits per heavy atom. The van der Waals surface area contributed by atoms with Crippen molar-refractivity contribution in [1.82, 2.24) is 4.90 Å². The van der Waals surface area contributed by atoms with E-state index in [1.54, 1.807) is 20.8 Å². The van der Waals surface area contributed by atoms with Crippen LogP contribution in [0.4, 0.5) is 4.39 Å². The maximum absolute atomic E-state index is 13.6. The van der Waals surface area contributed by atoms with Gasteiger partial charge in [-0.25, -0.2) is 9.18 Å². The van der Waals surface area contributed by atoms with Crippen molar-refractivity contribution in [2.45, 2.75) is 33.0 Å². The van der Waals surface area contributed by atoms with Crippen molar-refractivity contribution in [2.75, 3.05) is 13.1 Å². The number of morpholine rings is 1. The molecule has 2 atom stereocenters. The van der Waals surface area contributed by atoms with E-state index < -0.39 is 12.1 Å². The Bertz CT molecular complexity index is 564. The summed E-state index contributed by atoms with van der Waals surface area (Å²) in [6.45, 7) is 5.23. The van der Waals surface area contributed by atoms with Crippen LogP contribution in [0.2, 0.25) is 0 Å². The largest absolute Gasteiger partial charge is 0.479 e. The van der Waals surface area contributed by atoms with Gasteiger partial charge in [0.25, 0.3) is 5.91 Å². The van der Waals surface area contributed by atoms with Crippen molar-refractivity contribution in [3.8, 4) is 0 Å². The summed E-state index contributed by atoms with van der Waals surface area (Å²) in [5.74, 6) is -1.72. The summed E-state index contributed by atoms with van der Waals surface area (Å²) in [4.78, 5) is 25.0. The van der Waals surface area contributed by atoms with Gasteiger partial charge in [0.1, 0.15) is 5.82 Å². The molecule has 1 aliphatic heterocycles. The number of ether oxygens (including phenoxy) is 1. The Morgan fingerprint density at radius 1 is 1.29 bits per heavy atom. The fourth-order valence-electron chi connectivity index (χ4n) is 2.51. The summed E-state index contributed by atoms with van der Waals surface area (Å²) in [6, 6.07) is 2.97. The maximum atomic E-state index is 13.6. The van der Waals surface area contributed by atoms with Crippen LogP contribution in [-0.4, -0.2) is 47.2 Å². The van der Waals surface area contributed by atoms with Crippen molar-refractivity contribution in [1.29, 1.82) is 0 Å². The lowest BCUT2D eigenvalue weighted by Gasteiger charge is -2.35. The Kier molecular flexibility index (Phi) is 4.27. The molecule has 21 heavy (non-hydrogen) atoms. The number of rotatable bonds is 2. The molecule has 1 aromatic carbocycles. The summed E-state index contributed by atoms with van der Waals surface area (Å²) in [7, 11) is 0. The number of benzene rings is 1. The van der Waals surface area contributed by atoms with Crippen molar-refractivity contribution in [3.63, 3.8) is 0 Å². The number of hydrogen-bond acceptors (Lipinski definition) is 3. The molecule has 0 aliphatic carbocycles. The lowest BCUT2D eigenvalue weighted by atomic mass is 10.0. The molecular formula is C15H18FNO4. The summed E-state index contributed by atoms with van der Waals surface area (Å²) in [5, 5.41) is 9.04. The zero-order valence-electron chi connectivity index (χ0n) is 12.2. The lowest BCUT2D eigenvalue weighted by Crippen LogP contribution is -2.51. The minimum atomic E-state index is -1.09. The van der Waals surface area contributed by atoms with E-state index in [0.29, 0.717) is 23.2 Å². The normalized spacial score (nSPS) is 22.2. The van der Waals surface area contributed by atoms with Crippen LogP contribution in [0.15, 0.2) is 12.1 Å². The molecule has 1 unspecified atom stereocenters. The topological polar surface area (TPSA) is 66.8 Å². The van der Waals surface area contributed by atoms with Gasteiger partial charge < -0.3 is 14.7 Å². The van der Waals surface area contributed by atoms with Gasteiger partial charge in [0.2, 0.25) is 0 Å². The fraction of sp³-hybridized carbons (Fsp3) is 0.467. The minimum absolute atomic E-state index is 0.00597. The number of carbonyl (C=O) groups excluding carboxylic acids is 1. The number of aryl methyl sites for hydroxylation is 2. The molecule has 0 aromatic heterocycles. The maximum Gasteiger partial charge on any atom is 0.334 e. The molecule has 0 bridgehead atoms. The highest BCUT2D eigenvalue weighted by Crippen LogP contribution is 2.19. The number of amides is 1. The predicted molar refractivity (Wildman–Crippen MR) is 73.7 cm³/mol. The van der Waals surface area contributed by atoms with E-state index >= 15 is 0 Å². The zero-order valence-corrected chi connectivity index (χ0v) is 12.2. The first-order valence-corrected chi connectivity index (χ1v) is 6.74. The summed E-state index contributed by atoms with van der Waals surface area (Å²) < 4.78 is 18.9. The molecule has 0 spiro atoms. The van der Waals surface area contributed by atoms with Crippen LogP contribution in [0.25, 0.3) is 0 Å². The van der Waals surface area contributed by atoms with Crippen LogP contribution in [-0.2, 0) is 9.53 Å². The summed E-state index contributed by atoms with van der Waals surface area (Å²) >= 11 is 0. The number of aliphatic carboxylic acids is 1.